The van der Waals surface area contributed by atoms with Gasteiger partial charge < -0.3 is 10.1 Å². The zero-order chi connectivity index (χ0) is 13.5. The van der Waals surface area contributed by atoms with Crippen molar-refractivity contribution in [2.75, 3.05) is 11.9 Å². The lowest BCUT2D eigenvalue weighted by Gasteiger charge is -2.05. The molecule has 2 aliphatic rings. The number of hydrogen-bond donors (Lipinski definition) is 2. The predicted octanol–water partition coefficient (Wildman–Crippen LogP) is 2.36. The molecule has 5 nitrogen and oxygen atoms in total. The number of para-hydroxylation sites is 1. The van der Waals surface area contributed by atoms with E-state index in [1.54, 1.807) is 0 Å². The maximum Gasteiger partial charge on any atom is 0.228 e. The summed E-state index contributed by atoms with van der Waals surface area (Å²) >= 11 is 0. The lowest BCUT2D eigenvalue weighted by molar-refractivity contribution is -0.117. The number of hydrogen-bond acceptors (Lipinski definition) is 3. The zero-order valence-corrected chi connectivity index (χ0v) is 11.0. The number of nitrogens with zero attached hydrogens (tertiary/aromatic N) is 1. The fourth-order valence-electron chi connectivity index (χ4n) is 2.52. The third kappa shape index (κ3) is 1.95. The van der Waals surface area contributed by atoms with E-state index in [2.05, 4.69) is 21.6 Å². The first kappa shape index (κ1) is 11.5. The largest absolute Gasteiger partial charge is 0.492 e. The summed E-state index contributed by atoms with van der Waals surface area (Å²) < 4.78 is 5.69. The lowest BCUT2D eigenvalue weighted by atomic mass is 10.1. The number of benzene rings is 1. The number of fused-ring (bicyclic) bond motifs is 1. The quantitative estimate of drug-likeness (QED) is 0.898. The lowest BCUT2D eigenvalue weighted by Crippen LogP contribution is -2.13. The van der Waals surface area contributed by atoms with Gasteiger partial charge in [-0.25, -0.2) is 0 Å². The molecule has 0 saturated heterocycles. The molecule has 20 heavy (non-hydrogen) atoms. The number of anilines is 1. The molecule has 1 aromatic heterocycles. The standard InChI is InChI=1S/C15H15N3O2/c19-15(10-4-5-10)16-13-8-12(17-18-13)11-3-1-2-9-6-7-20-14(9)11/h1-3,8,10H,4-7H2,(H2,16,17,18,19). The average Bonchev–Trinajstić information content (AvgIpc) is 3.02. The summed E-state index contributed by atoms with van der Waals surface area (Å²) in [6, 6.07) is 7.96. The summed E-state index contributed by atoms with van der Waals surface area (Å²) in [6.07, 6.45) is 2.93. The summed E-state index contributed by atoms with van der Waals surface area (Å²) in [6.45, 7) is 0.728. The number of carbonyl (C=O) groups excluding carboxylic acids is 1. The summed E-state index contributed by atoms with van der Waals surface area (Å²) in [5.74, 6) is 1.75. The Kier molecular flexibility index (Phi) is 2.52. The first-order valence-corrected chi connectivity index (χ1v) is 6.92. The fraction of sp³-hybridized carbons (Fsp3) is 0.333. The van der Waals surface area contributed by atoms with Crippen LogP contribution in [0.15, 0.2) is 24.3 Å². The van der Waals surface area contributed by atoms with Gasteiger partial charge in [-0.2, -0.15) is 5.10 Å². The Morgan fingerprint density at radius 1 is 1.40 bits per heavy atom. The van der Waals surface area contributed by atoms with Gasteiger partial charge in [-0.1, -0.05) is 12.1 Å². The topological polar surface area (TPSA) is 67.0 Å². The summed E-state index contributed by atoms with van der Waals surface area (Å²) in [4.78, 5) is 11.7. The van der Waals surface area contributed by atoms with E-state index in [4.69, 9.17) is 4.74 Å². The van der Waals surface area contributed by atoms with Crippen LogP contribution < -0.4 is 10.1 Å². The average molecular weight is 269 g/mol. The molecule has 4 rings (SSSR count). The van der Waals surface area contributed by atoms with Gasteiger partial charge in [-0.15, -0.1) is 0 Å². The summed E-state index contributed by atoms with van der Waals surface area (Å²) in [7, 11) is 0. The van der Waals surface area contributed by atoms with Crippen molar-refractivity contribution in [3.8, 4) is 17.0 Å². The van der Waals surface area contributed by atoms with Crippen molar-refractivity contribution in [1.82, 2.24) is 10.2 Å². The molecule has 2 heterocycles. The highest BCUT2D eigenvalue weighted by atomic mass is 16.5. The van der Waals surface area contributed by atoms with Crippen LogP contribution in [0.5, 0.6) is 5.75 Å². The van der Waals surface area contributed by atoms with E-state index < -0.39 is 0 Å². The van der Waals surface area contributed by atoms with Gasteiger partial charge in [0.15, 0.2) is 5.82 Å². The molecular weight excluding hydrogens is 254 g/mol. The molecule has 1 fully saturated rings. The smallest absolute Gasteiger partial charge is 0.228 e. The maximum atomic E-state index is 11.7. The first-order valence-electron chi connectivity index (χ1n) is 6.92. The monoisotopic (exact) mass is 269 g/mol. The minimum Gasteiger partial charge on any atom is -0.492 e. The van der Waals surface area contributed by atoms with E-state index in [9.17, 15) is 4.79 Å². The van der Waals surface area contributed by atoms with E-state index in [1.807, 2.05) is 18.2 Å². The Balaban J connectivity index is 1.61. The fourth-order valence-corrected chi connectivity index (χ4v) is 2.52. The SMILES string of the molecule is O=C(Nc1cc(-c2cccc3c2OCC3)[nH]n1)C1CC1. The molecule has 1 saturated carbocycles. The van der Waals surface area contributed by atoms with Crippen LogP contribution in [0, 0.1) is 5.92 Å². The molecule has 0 unspecified atom stereocenters. The number of carbonyl (C=O) groups is 1. The van der Waals surface area contributed by atoms with Gasteiger partial charge in [0.1, 0.15) is 5.75 Å². The van der Waals surface area contributed by atoms with E-state index in [1.165, 1.54) is 5.56 Å². The Bertz CT molecular complexity index is 674. The Labute approximate surface area is 116 Å². The highest BCUT2D eigenvalue weighted by molar-refractivity contribution is 5.93. The van der Waals surface area contributed by atoms with Gasteiger partial charge in [0.25, 0.3) is 0 Å². The minimum atomic E-state index is 0.0672. The molecular formula is C15H15N3O2. The van der Waals surface area contributed by atoms with Crippen molar-refractivity contribution in [3.05, 3.63) is 29.8 Å². The van der Waals surface area contributed by atoms with Crippen LogP contribution in [-0.2, 0) is 11.2 Å². The van der Waals surface area contributed by atoms with Gasteiger partial charge in [-0.05, 0) is 24.5 Å². The second-order valence-electron chi connectivity index (χ2n) is 5.32. The second kappa shape index (κ2) is 4.37. The van der Waals surface area contributed by atoms with E-state index >= 15 is 0 Å². The van der Waals surface area contributed by atoms with Gasteiger partial charge in [0.05, 0.1) is 12.3 Å². The molecule has 0 radical (unpaired) electrons. The second-order valence-corrected chi connectivity index (χ2v) is 5.32. The Morgan fingerprint density at radius 2 is 2.30 bits per heavy atom. The number of H-pyrrole nitrogens is 1. The maximum absolute atomic E-state index is 11.7. The third-order valence-electron chi connectivity index (χ3n) is 3.78. The molecule has 1 aromatic carbocycles. The number of rotatable bonds is 3. The van der Waals surface area contributed by atoms with Crippen molar-refractivity contribution in [1.29, 1.82) is 0 Å². The Hall–Kier alpha value is -2.30. The van der Waals surface area contributed by atoms with Crippen LogP contribution >= 0.6 is 0 Å². The van der Waals surface area contributed by atoms with Gasteiger partial charge >= 0.3 is 0 Å². The van der Waals surface area contributed by atoms with Crippen LogP contribution in [0.2, 0.25) is 0 Å². The molecule has 5 heteroatoms. The van der Waals surface area contributed by atoms with Crippen molar-refractivity contribution in [3.63, 3.8) is 0 Å². The Morgan fingerprint density at radius 3 is 3.15 bits per heavy atom. The summed E-state index contributed by atoms with van der Waals surface area (Å²) in [5.41, 5.74) is 3.09. The van der Waals surface area contributed by atoms with Crippen LogP contribution in [0.25, 0.3) is 11.3 Å². The normalized spacial score (nSPS) is 16.6. The van der Waals surface area contributed by atoms with Gasteiger partial charge in [-0.3, -0.25) is 9.89 Å². The molecule has 1 amide bonds. The van der Waals surface area contributed by atoms with Crippen molar-refractivity contribution in [2.45, 2.75) is 19.3 Å². The predicted molar refractivity (Wildman–Crippen MR) is 74.6 cm³/mol. The van der Waals surface area contributed by atoms with Crippen molar-refractivity contribution < 1.29 is 9.53 Å². The molecule has 0 atom stereocenters. The highest BCUT2D eigenvalue weighted by Crippen LogP contribution is 2.36. The summed E-state index contributed by atoms with van der Waals surface area (Å²) in [5, 5.41) is 9.97. The number of nitrogens with one attached hydrogen (secondary N) is 2. The third-order valence-corrected chi connectivity index (χ3v) is 3.78. The van der Waals surface area contributed by atoms with Crippen LogP contribution in [0.4, 0.5) is 5.82 Å². The van der Waals surface area contributed by atoms with Gasteiger partial charge in [0, 0.05) is 24.0 Å². The molecule has 1 aliphatic carbocycles. The molecule has 2 N–H and O–H groups in total. The number of ether oxygens (including phenoxy) is 1. The first-order chi connectivity index (χ1) is 9.81. The van der Waals surface area contributed by atoms with E-state index in [0.29, 0.717) is 5.82 Å². The molecule has 102 valence electrons. The highest BCUT2D eigenvalue weighted by Gasteiger charge is 2.30. The van der Waals surface area contributed by atoms with Crippen molar-refractivity contribution >= 4 is 11.7 Å². The molecule has 2 aromatic rings. The van der Waals surface area contributed by atoms with E-state index in [0.717, 1.165) is 42.9 Å². The molecule has 1 aliphatic heterocycles. The van der Waals surface area contributed by atoms with Crippen LogP contribution in [-0.4, -0.2) is 22.7 Å². The van der Waals surface area contributed by atoms with E-state index in [-0.39, 0.29) is 11.8 Å². The van der Waals surface area contributed by atoms with Crippen LogP contribution in [0.1, 0.15) is 18.4 Å². The van der Waals surface area contributed by atoms with Gasteiger partial charge in [0.2, 0.25) is 5.91 Å². The van der Waals surface area contributed by atoms with Crippen molar-refractivity contribution in [2.24, 2.45) is 5.92 Å². The molecule has 0 bridgehead atoms. The number of aromatic amines is 1. The number of amides is 1. The minimum absolute atomic E-state index is 0.0672. The van der Waals surface area contributed by atoms with Crippen LogP contribution in [0.3, 0.4) is 0 Å². The number of aromatic nitrogens is 2. The molecule has 0 spiro atoms. The zero-order valence-electron chi connectivity index (χ0n) is 11.0.